The minimum Gasteiger partial charge on any atom is -0.399 e. The molecule has 0 radical (unpaired) electrons. The van der Waals surface area contributed by atoms with Crippen molar-refractivity contribution in [3.8, 4) is 6.07 Å². The fourth-order valence-electron chi connectivity index (χ4n) is 2.07. The fourth-order valence-corrected chi connectivity index (χ4v) is 2.07. The lowest BCUT2D eigenvalue weighted by molar-refractivity contribution is 0.442. The SMILES string of the molecule is C=C(N)/C=C/c1ccc(Cc2ccc(F)c(F)c2F)cc1C#N. The third-order valence-electron chi connectivity index (χ3n) is 3.22. The highest BCUT2D eigenvalue weighted by molar-refractivity contribution is 5.60. The van der Waals surface area contributed by atoms with E-state index in [4.69, 9.17) is 5.73 Å². The zero-order chi connectivity index (χ0) is 17.0. The Morgan fingerprint density at radius 1 is 1.17 bits per heavy atom. The topological polar surface area (TPSA) is 49.8 Å². The van der Waals surface area contributed by atoms with Gasteiger partial charge in [0.2, 0.25) is 0 Å². The Kier molecular flexibility index (Phi) is 4.87. The van der Waals surface area contributed by atoms with Crippen LogP contribution in [-0.2, 0) is 6.42 Å². The van der Waals surface area contributed by atoms with E-state index in [2.05, 4.69) is 6.58 Å². The molecule has 0 unspecified atom stereocenters. The Balaban J connectivity index is 2.34. The van der Waals surface area contributed by atoms with Gasteiger partial charge in [0.05, 0.1) is 11.6 Å². The first kappa shape index (κ1) is 16.4. The van der Waals surface area contributed by atoms with E-state index in [1.807, 2.05) is 6.07 Å². The van der Waals surface area contributed by atoms with E-state index in [9.17, 15) is 18.4 Å². The van der Waals surface area contributed by atoms with Crippen LogP contribution in [0, 0.1) is 28.8 Å². The fraction of sp³-hybridized carbons (Fsp3) is 0.0556. The van der Waals surface area contributed by atoms with Crippen LogP contribution < -0.4 is 5.73 Å². The zero-order valence-electron chi connectivity index (χ0n) is 12.1. The second-order valence-electron chi connectivity index (χ2n) is 4.95. The summed E-state index contributed by atoms with van der Waals surface area (Å²) in [5.41, 5.74) is 7.41. The number of hydrogen-bond donors (Lipinski definition) is 1. The Labute approximate surface area is 132 Å². The lowest BCUT2D eigenvalue weighted by Crippen LogP contribution is -1.99. The van der Waals surface area contributed by atoms with Crippen LogP contribution >= 0.6 is 0 Å². The molecule has 0 spiro atoms. The van der Waals surface area contributed by atoms with Crippen molar-refractivity contribution in [3.63, 3.8) is 0 Å². The number of nitrogens with two attached hydrogens (primary N) is 1. The summed E-state index contributed by atoms with van der Waals surface area (Å²) < 4.78 is 39.9. The monoisotopic (exact) mass is 314 g/mol. The predicted octanol–water partition coefficient (Wildman–Crippen LogP) is 4.05. The van der Waals surface area contributed by atoms with E-state index in [1.165, 1.54) is 6.07 Å². The molecular formula is C18H13F3N2. The van der Waals surface area contributed by atoms with Gasteiger partial charge in [-0.05, 0) is 34.9 Å². The van der Waals surface area contributed by atoms with E-state index in [1.54, 1.807) is 30.4 Å². The van der Waals surface area contributed by atoms with Gasteiger partial charge in [-0.3, -0.25) is 0 Å². The lowest BCUT2D eigenvalue weighted by Gasteiger charge is -2.07. The van der Waals surface area contributed by atoms with Crippen LogP contribution in [0.1, 0.15) is 22.3 Å². The number of nitrogens with zero attached hydrogens (tertiary/aromatic N) is 1. The van der Waals surface area contributed by atoms with Gasteiger partial charge in [0.1, 0.15) is 0 Å². The van der Waals surface area contributed by atoms with Gasteiger partial charge in [-0.2, -0.15) is 5.26 Å². The second kappa shape index (κ2) is 6.84. The van der Waals surface area contributed by atoms with E-state index in [0.717, 1.165) is 6.07 Å². The summed E-state index contributed by atoms with van der Waals surface area (Å²) in [6.45, 7) is 3.52. The van der Waals surface area contributed by atoms with Gasteiger partial charge in [0, 0.05) is 12.1 Å². The molecular weight excluding hydrogens is 301 g/mol. The number of benzene rings is 2. The maximum Gasteiger partial charge on any atom is 0.194 e. The largest absolute Gasteiger partial charge is 0.399 e. The smallest absolute Gasteiger partial charge is 0.194 e. The minimum absolute atomic E-state index is 0.0198. The van der Waals surface area contributed by atoms with Gasteiger partial charge in [0.15, 0.2) is 17.5 Å². The van der Waals surface area contributed by atoms with Crippen molar-refractivity contribution < 1.29 is 13.2 Å². The summed E-state index contributed by atoms with van der Waals surface area (Å²) in [5.74, 6) is -3.94. The Morgan fingerprint density at radius 2 is 1.91 bits per heavy atom. The van der Waals surface area contributed by atoms with Crippen molar-refractivity contribution in [2.75, 3.05) is 0 Å². The van der Waals surface area contributed by atoms with Crippen molar-refractivity contribution in [2.45, 2.75) is 6.42 Å². The van der Waals surface area contributed by atoms with Crippen molar-refractivity contribution in [1.29, 1.82) is 5.26 Å². The molecule has 116 valence electrons. The number of rotatable bonds is 4. The average Bonchev–Trinajstić information content (AvgIpc) is 2.53. The van der Waals surface area contributed by atoms with Crippen LogP contribution in [0.3, 0.4) is 0 Å². The molecule has 0 amide bonds. The second-order valence-corrected chi connectivity index (χ2v) is 4.95. The first-order chi connectivity index (χ1) is 10.9. The van der Waals surface area contributed by atoms with Gasteiger partial charge in [-0.1, -0.05) is 30.9 Å². The Bertz CT molecular complexity index is 833. The number of hydrogen-bond acceptors (Lipinski definition) is 2. The summed E-state index contributed by atoms with van der Waals surface area (Å²) in [7, 11) is 0. The van der Waals surface area contributed by atoms with Crippen LogP contribution in [-0.4, -0.2) is 0 Å². The number of halogens is 3. The highest BCUT2D eigenvalue weighted by Crippen LogP contribution is 2.20. The van der Waals surface area contributed by atoms with Gasteiger partial charge in [0.25, 0.3) is 0 Å². The first-order valence-corrected chi connectivity index (χ1v) is 6.70. The molecule has 0 aromatic heterocycles. The predicted molar refractivity (Wildman–Crippen MR) is 82.6 cm³/mol. The van der Waals surface area contributed by atoms with E-state index in [0.29, 0.717) is 22.4 Å². The molecule has 0 aliphatic heterocycles. The molecule has 0 atom stereocenters. The van der Waals surface area contributed by atoms with Crippen LogP contribution in [0.5, 0.6) is 0 Å². The third-order valence-corrected chi connectivity index (χ3v) is 3.22. The van der Waals surface area contributed by atoms with E-state index in [-0.39, 0.29) is 12.0 Å². The van der Waals surface area contributed by atoms with Crippen molar-refractivity contribution in [2.24, 2.45) is 5.73 Å². The molecule has 0 saturated carbocycles. The van der Waals surface area contributed by atoms with Gasteiger partial charge < -0.3 is 5.73 Å². The molecule has 0 heterocycles. The Hall–Kier alpha value is -3.00. The van der Waals surface area contributed by atoms with Crippen LogP contribution in [0.25, 0.3) is 6.08 Å². The molecule has 0 bridgehead atoms. The molecule has 5 heteroatoms. The summed E-state index contributed by atoms with van der Waals surface area (Å²) in [6, 6.07) is 9.02. The van der Waals surface area contributed by atoms with Crippen molar-refractivity contribution in [3.05, 3.63) is 88.4 Å². The lowest BCUT2D eigenvalue weighted by atomic mass is 9.99. The van der Waals surface area contributed by atoms with E-state index >= 15 is 0 Å². The van der Waals surface area contributed by atoms with Crippen LogP contribution in [0.15, 0.2) is 48.7 Å². The quantitative estimate of drug-likeness (QED) is 0.683. The van der Waals surface area contributed by atoms with Crippen molar-refractivity contribution in [1.82, 2.24) is 0 Å². The molecule has 2 N–H and O–H groups in total. The molecule has 2 aromatic rings. The standard InChI is InChI=1S/C18H13F3N2/c1-11(23)2-4-13-5-3-12(9-15(13)10-22)8-14-6-7-16(19)18(21)17(14)20/h2-7,9H,1,8,23H2/b4-2+. The molecule has 0 aliphatic carbocycles. The molecule has 0 saturated heterocycles. The highest BCUT2D eigenvalue weighted by Gasteiger charge is 2.14. The normalized spacial score (nSPS) is 10.7. The average molecular weight is 314 g/mol. The highest BCUT2D eigenvalue weighted by atomic mass is 19.2. The number of allylic oxidation sites excluding steroid dienone is 1. The zero-order valence-corrected chi connectivity index (χ0v) is 12.1. The Morgan fingerprint density at radius 3 is 2.57 bits per heavy atom. The van der Waals surface area contributed by atoms with Crippen molar-refractivity contribution >= 4 is 6.08 Å². The third kappa shape index (κ3) is 3.80. The van der Waals surface area contributed by atoms with Gasteiger partial charge >= 0.3 is 0 Å². The first-order valence-electron chi connectivity index (χ1n) is 6.70. The van der Waals surface area contributed by atoms with Gasteiger partial charge in [-0.25, -0.2) is 13.2 Å². The summed E-state index contributed by atoms with van der Waals surface area (Å²) in [6.07, 6.45) is 3.25. The summed E-state index contributed by atoms with van der Waals surface area (Å²) in [4.78, 5) is 0. The molecule has 2 nitrogen and oxygen atoms in total. The van der Waals surface area contributed by atoms with Crippen LogP contribution in [0.4, 0.5) is 13.2 Å². The molecule has 0 aliphatic rings. The van der Waals surface area contributed by atoms with Crippen LogP contribution in [0.2, 0.25) is 0 Å². The maximum atomic E-state index is 13.7. The maximum absolute atomic E-state index is 13.7. The molecule has 2 aromatic carbocycles. The number of nitriles is 1. The molecule has 0 fully saturated rings. The summed E-state index contributed by atoms with van der Waals surface area (Å²) >= 11 is 0. The van der Waals surface area contributed by atoms with Gasteiger partial charge in [-0.15, -0.1) is 0 Å². The minimum atomic E-state index is -1.50. The molecule has 2 rings (SSSR count). The van der Waals surface area contributed by atoms with E-state index < -0.39 is 17.5 Å². The summed E-state index contributed by atoms with van der Waals surface area (Å²) in [5, 5.41) is 9.19. The molecule has 23 heavy (non-hydrogen) atoms.